The van der Waals surface area contributed by atoms with Gasteiger partial charge in [-0.05, 0) is 43.5 Å². The maximum absolute atomic E-state index is 12.5. The number of carbonyl (C=O) groups excluding carboxylic acids is 1. The lowest BCUT2D eigenvalue weighted by molar-refractivity contribution is 0.0699. The Morgan fingerprint density at radius 2 is 1.95 bits per heavy atom. The lowest BCUT2D eigenvalue weighted by Crippen LogP contribution is -2.41. The van der Waals surface area contributed by atoms with Crippen LogP contribution in [0.5, 0.6) is 0 Å². The summed E-state index contributed by atoms with van der Waals surface area (Å²) in [5.74, 6) is 0.497. The third kappa shape index (κ3) is 3.38. The highest BCUT2D eigenvalue weighted by Crippen LogP contribution is 2.30. The standard InChI is InChI=1S/C14H18Br2N2O/c1-18(13-4-2-3-9(13)8-17)14(19)10-5-11(15)7-12(16)6-10/h5-7,9,13H,2-4,8,17H2,1H3. The second-order valence-corrected chi connectivity index (χ2v) is 6.90. The van der Waals surface area contributed by atoms with Gasteiger partial charge in [-0.25, -0.2) is 0 Å². The third-order valence-corrected chi connectivity index (χ3v) is 4.76. The van der Waals surface area contributed by atoms with Gasteiger partial charge in [0.1, 0.15) is 0 Å². The number of hydrogen-bond acceptors (Lipinski definition) is 2. The highest BCUT2D eigenvalue weighted by molar-refractivity contribution is 9.11. The summed E-state index contributed by atoms with van der Waals surface area (Å²) in [6, 6.07) is 5.91. The van der Waals surface area contributed by atoms with Crippen LogP contribution in [0.15, 0.2) is 27.1 Å². The summed E-state index contributed by atoms with van der Waals surface area (Å²) in [6.07, 6.45) is 3.34. The van der Waals surface area contributed by atoms with E-state index < -0.39 is 0 Å². The molecule has 1 aromatic rings. The van der Waals surface area contributed by atoms with E-state index in [4.69, 9.17) is 5.73 Å². The van der Waals surface area contributed by atoms with Crippen molar-refractivity contribution in [3.63, 3.8) is 0 Å². The van der Waals surface area contributed by atoms with Crippen molar-refractivity contribution >= 4 is 37.8 Å². The van der Waals surface area contributed by atoms with Gasteiger partial charge >= 0.3 is 0 Å². The molecule has 1 aromatic carbocycles. The van der Waals surface area contributed by atoms with Crippen LogP contribution in [0, 0.1) is 5.92 Å². The van der Waals surface area contributed by atoms with Crippen LogP contribution < -0.4 is 5.73 Å². The Labute approximate surface area is 130 Å². The van der Waals surface area contributed by atoms with Crippen molar-refractivity contribution in [2.75, 3.05) is 13.6 Å². The van der Waals surface area contributed by atoms with Crippen molar-refractivity contribution in [1.29, 1.82) is 0 Å². The Balaban J connectivity index is 2.18. The molecule has 19 heavy (non-hydrogen) atoms. The zero-order chi connectivity index (χ0) is 14.0. The minimum atomic E-state index is 0.0624. The highest BCUT2D eigenvalue weighted by atomic mass is 79.9. The Kier molecular flexibility index (Phi) is 5.03. The number of amides is 1. The molecule has 0 bridgehead atoms. The fourth-order valence-corrected chi connectivity index (χ4v) is 4.13. The molecule has 5 heteroatoms. The van der Waals surface area contributed by atoms with Crippen molar-refractivity contribution in [2.24, 2.45) is 11.7 Å². The number of nitrogens with two attached hydrogens (primary N) is 1. The van der Waals surface area contributed by atoms with E-state index in [0.717, 1.165) is 28.2 Å². The van der Waals surface area contributed by atoms with Gasteiger partial charge in [-0.3, -0.25) is 4.79 Å². The summed E-state index contributed by atoms with van der Waals surface area (Å²) in [6.45, 7) is 0.657. The first-order chi connectivity index (χ1) is 9.02. The minimum Gasteiger partial charge on any atom is -0.338 e. The second kappa shape index (κ2) is 6.37. The van der Waals surface area contributed by atoms with E-state index in [1.807, 2.05) is 30.1 Å². The Morgan fingerprint density at radius 1 is 1.32 bits per heavy atom. The van der Waals surface area contributed by atoms with Gasteiger partial charge in [0.05, 0.1) is 0 Å². The number of rotatable bonds is 3. The van der Waals surface area contributed by atoms with Gasteiger partial charge in [0.15, 0.2) is 0 Å². The fourth-order valence-electron chi connectivity index (χ4n) is 2.83. The van der Waals surface area contributed by atoms with Crippen molar-refractivity contribution in [3.05, 3.63) is 32.7 Å². The maximum atomic E-state index is 12.5. The number of benzene rings is 1. The van der Waals surface area contributed by atoms with E-state index in [1.165, 1.54) is 0 Å². The number of halogens is 2. The van der Waals surface area contributed by atoms with Gasteiger partial charge < -0.3 is 10.6 Å². The van der Waals surface area contributed by atoms with Crippen LogP contribution in [-0.4, -0.2) is 30.4 Å². The first kappa shape index (κ1) is 15.0. The predicted octanol–water partition coefficient (Wildman–Crippen LogP) is 3.41. The number of hydrogen-bond donors (Lipinski definition) is 1. The Hall–Kier alpha value is -0.390. The summed E-state index contributed by atoms with van der Waals surface area (Å²) in [7, 11) is 1.88. The monoisotopic (exact) mass is 388 g/mol. The largest absolute Gasteiger partial charge is 0.338 e. The van der Waals surface area contributed by atoms with E-state index >= 15 is 0 Å². The minimum absolute atomic E-state index is 0.0624. The van der Waals surface area contributed by atoms with Crippen molar-refractivity contribution in [1.82, 2.24) is 4.90 Å². The van der Waals surface area contributed by atoms with Crippen LogP contribution >= 0.6 is 31.9 Å². The molecule has 0 aromatic heterocycles. The summed E-state index contributed by atoms with van der Waals surface area (Å²) >= 11 is 6.84. The third-order valence-electron chi connectivity index (χ3n) is 3.85. The lowest BCUT2D eigenvalue weighted by Gasteiger charge is -2.29. The normalized spacial score (nSPS) is 22.5. The van der Waals surface area contributed by atoms with Crippen LogP contribution in [0.4, 0.5) is 0 Å². The van der Waals surface area contributed by atoms with Gasteiger partial charge in [-0.15, -0.1) is 0 Å². The highest BCUT2D eigenvalue weighted by Gasteiger charge is 2.32. The molecule has 2 atom stereocenters. The van der Waals surface area contributed by atoms with Crippen LogP contribution in [-0.2, 0) is 0 Å². The molecule has 1 fully saturated rings. The van der Waals surface area contributed by atoms with E-state index in [9.17, 15) is 4.79 Å². The van der Waals surface area contributed by atoms with Gasteiger partial charge in [-0.1, -0.05) is 38.3 Å². The summed E-state index contributed by atoms with van der Waals surface area (Å²) in [5.41, 5.74) is 6.50. The first-order valence-electron chi connectivity index (χ1n) is 6.46. The van der Waals surface area contributed by atoms with Crippen LogP contribution in [0.2, 0.25) is 0 Å². The average molecular weight is 390 g/mol. The molecule has 2 N–H and O–H groups in total. The number of nitrogens with zero attached hydrogens (tertiary/aromatic N) is 1. The molecule has 0 aliphatic heterocycles. The quantitative estimate of drug-likeness (QED) is 0.860. The molecule has 0 spiro atoms. The summed E-state index contributed by atoms with van der Waals surface area (Å²) in [5, 5.41) is 0. The van der Waals surface area contributed by atoms with Crippen LogP contribution in [0.25, 0.3) is 0 Å². The molecule has 1 aliphatic rings. The molecule has 0 heterocycles. The molecule has 104 valence electrons. The molecule has 3 nitrogen and oxygen atoms in total. The van der Waals surface area contributed by atoms with E-state index in [-0.39, 0.29) is 11.9 Å². The molecular weight excluding hydrogens is 372 g/mol. The van der Waals surface area contributed by atoms with E-state index in [0.29, 0.717) is 18.0 Å². The number of carbonyl (C=O) groups is 1. The SMILES string of the molecule is CN(C(=O)c1cc(Br)cc(Br)c1)C1CCCC1CN. The molecule has 2 unspecified atom stereocenters. The van der Waals surface area contributed by atoms with Crippen molar-refractivity contribution in [2.45, 2.75) is 25.3 Å². The Morgan fingerprint density at radius 3 is 2.53 bits per heavy atom. The first-order valence-corrected chi connectivity index (χ1v) is 8.05. The zero-order valence-electron chi connectivity index (χ0n) is 10.9. The molecular formula is C14H18Br2N2O. The Bertz CT molecular complexity index is 458. The van der Waals surface area contributed by atoms with Gasteiger partial charge in [0.25, 0.3) is 5.91 Å². The van der Waals surface area contributed by atoms with Crippen molar-refractivity contribution in [3.8, 4) is 0 Å². The van der Waals surface area contributed by atoms with Gasteiger partial charge in [-0.2, -0.15) is 0 Å². The van der Waals surface area contributed by atoms with E-state index in [2.05, 4.69) is 31.9 Å². The topological polar surface area (TPSA) is 46.3 Å². The summed E-state index contributed by atoms with van der Waals surface area (Å²) < 4.78 is 1.81. The fraction of sp³-hybridized carbons (Fsp3) is 0.500. The molecule has 1 amide bonds. The molecule has 1 aliphatic carbocycles. The lowest BCUT2D eigenvalue weighted by atomic mass is 10.0. The van der Waals surface area contributed by atoms with Gasteiger partial charge in [0, 0.05) is 27.6 Å². The van der Waals surface area contributed by atoms with Crippen molar-refractivity contribution < 1.29 is 4.79 Å². The van der Waals surface area contributed by atoms with Crippen LogP contribution in [0.3, 0.4) is 0 Å². The molecule has 2 rings (SSSR count). The second-order valence-electron chi connectivity index (χ2n) is 5.07. The molecule has 0 radical (unpaired) electrons. The maximum Gasteiger partial charge on any atom is 0.253 e. The average Bonchev–Trinajstić information content (AvgIpc) is 2.84. The smallest absolute Gasteiger partial charge is 0.253 e. The molecule has 0 saturated heterocycles. The summed E-state index contributed by atoms with van der Waals surface area (Å²) in [4.78, 5) is 14.4. The van der Waals surface area contributed by atoms with E-state index in [1.54, 1.807) is 0 Å². The zero-order valence-corrected chi connectivity index (χ0v) is 14.1. The molecule has 1 saturated carbocycles. The predicted molar refractivity (Wildman–Crippen MR) is 84.1 cm³/mol. The van der Waals surface area contributed by atoms with Gasteiger partial charge in [0.2, 0.25) is 0 Å². The van der Waals surface area contributed by atoms with Crippen LogP contribution in [0.1, 0.15) is 29.6 Å².